The minimum Gasteiger partial charge on any atom is -0.462 e. The van der Waals surface area contributed by atoms with Crippen LogP contribution in [0.2, 0.25) is 0 Å². The van der Waals surface area contributed by atoms with E-state index in [2.05, 4.69) is 20.4 Å². The van der Waals surface area contributed by atoms with E-state index >= 15 is 0 Å². The van der Waals surface area contributed by atoms with Gasteiger partial charge in [-0.05, 0) is 37.3 Å². The summed E-state index contributed by atoms with van der Waals surface area (Å²) in [4.78, 5) is 31.6. The van der Waals surface area contributed by atoms with Gasteiger partial charge in [0.1, 0.15) is 0 Å². The first-order valence-corrected chi connectivity index (χ1v) is 8.32. The summed E-state index contributed by atoms with van der Waals surface area (Å²) in [5.41, 5.74) is -1.56. The number of carbonyl (C=O) groups is 2. The average molecular weight is 405 g/mol. The van der Waals surface area contributed by atoms with Crippen molar-refractivity contribution in [3.8, 4) is 5.95 Å². The Bertz CT molecular complexity index is 1020. The Kier molecular flexibility index (Phi) is 5.57. The summed E-state index contributed by atoms with van der Waals surface area (Å²) >= 11 is 0. The van der Waals surface area contributed by atoms with E-state index in [1.165, 1.54) is 42.7 Å². The van der Waals surface area contributed by atoms with Crippen LogP contribution in [0.15, 0.2) is 48.9 Å². The van der Waals surface area contributed by atoms with E-state index in [4.69, 9.17) is 4.74 Å². The fourth-order valence-electron chi connectivity index (χ4n) is 2.44. The minimum atomic E-state index is -4.88. The quantitative estimate of drug-likeness (QED) is 0.655. The van der Waals surface area contributed by atoms with E-state index < -0.39 is 29.3 Å². The van der Waals surface area contributed by atoms with Crippen LogP contribution in [0, 0.1) is 0 Å². The molecule has 0 unspecified atom stereocenters. The van der Waals surface area contributed by atoms with Crippen LogP contribution in [0.25, 0.3) is 5.95 Å². The molecule has 0 aliphatic rings. The van der Waals surface area contributed by atoms with Gasteiger partial charge < -0.3 is 10.1 Å². The van der Waals surface area contributed by atoms with Crippen molar-refractivity contribution in [2.24, 2.45) is 0 Å². The molecule has 0 bridgehead atoms. The lowest BCUT2D eigenvalue weighted by Crippen LogP contribution is -2.21. The van der Waals surface area contributed by atoms with E-state index in [-0.39, 0.29) is 23.8 Å². The number of carbonyl (C=O) groups excluding carboxylic acids is 2. The summed E-state index contributed by atoms with van der Waals surface area (Å²) in [6.45, 7) is 1.86. The maximum atomic E-state index is 13.6. The lowest BCUT2D eigenvalue weighted by Gasteiger charge is -2.12. The standard InChI is InChI=1S/C18H14F3N5O3/c1-2-29-16(28)11-4-6-12(7-5-11)25-15(27)13-10-24-26(14(13)18(19,20)21)17-22-8-3-9-23-17/h3-10H,2H2,1H3,(H,25,27). The fraction of sp³-hybridized carbons (Fsp3) is 0.167. The second-order valence-corrected chi connectivity index (χ2v) is 5.62. The van der Waals surface area contributed by atoms with Gasteiger partial charge in [0.25, 0.3) is 11.9 Å². The molecule has 8 nitrogen and oxygen atoms in total. The van der Waals surface area contributed by atoms with Crippen LogP contribution in [-0.2, 0) is 10.9 Å². The number of aromatic nitrogens is 4. The Morgan fingerprint density at radius 2 is 1.79 bits per heavy atom. The van der Waals surface area contributed by atoms with E-state index in [1.807, 2.05) is 0 Å². The summed E-state index contributed by atoms with van der Waals surface area (Å²) in [5, 5.41) is 5.97. The number of hydrogen-bond acceptors (Lipinski definition) is 6. The zero-order valence-electron chi connectivity index (χ0n) is 15.0. The third kappa shape index (κ3) is 4.39. The van der Waals surface area contributed by atoms with Crippen molar-refractivity contribution in [3.63, 3.8) is 0 Å². The summed E-state index contributed by atoms with van der Waals surface area (Å²) in [7, 11) is 0. The summed E-state index contributed by atoms with van der Waals surface area (Å²) in [5.74, 6) is -1.89. The molecule has 0 spiro atoms. The minimum absolute atomic E-state index is 0.194. The number of halogens is 3. The van der Waals surface area contributed by atoms with Crippen molar-refractivity contribution >= 4 is 17.6 Å². The van der Waals surface area contributed by atoms with Gasteiger partial charge in [0.2, 0.25) is 0 Å². The SMILES string of the molecule is CCOC(=O)c1ccc(NC(=O)c2cnn(-c3ncccn3)c2C(F)(F)F)cc1. The number of hydrogen-bond donors (Lipinski definition) is 1. The average Bonchev–Trinajstić information content (AvgIpc) is 3.15. The highest BCUT2D eigenvalue weighted by Gasteiger charge is 2.41. The van der Waals surface area contributed by atoms with E-state index in [0.717, 1.165) is 6.20 Å². The van der Waals surface area contributed by atoms with Crippen LogP contribution < -0.4 is 5.32 Å². The lowest BCUT2D eigenvalue weighted by atomic mass is 10.2. The van der Waals surface area contributed by atoms with Gasteiger partial charge >= 0.3 is 12.1 Å². The second kappa shape index (κ2) is 8.09. The normalized spacial score (nSPS) is 11.2. The predicted octanol–water partition coefficient (Wildman–Crippen LogP) is 3.11. The number of amides is 1. The van der Waals surface area contributed by atoms with Crippen LogP contribution in [-0.4, -0.2) is 38.2 Å². The molecule has 1 N–H and O–H groups in total. The van der Waals surface area contributed by atoms with Crippen LogP contribution in [0.3, 0.4) is 0 Å². The van der Waals surface area contributed by atoms with E-state index in [1.54, 1.807) is 6.92 Å². The molecule has 0 aliphatic carbocycles. The molecule has 0 saturated heterocycles. The summed E-state index contributed by atoms with van der Waals surface area (Å²) in [6, 6.07) is 6.97. The number of nitrogens with zero attached hydrogens (tertiary/aromatic N) is 4. The first-order valence-electron chi connectivity index (χ1n) is 8.32. The Morgan fingerprint density at radius 1 is 1.14 bits per heavy atom. The third-order valence-corrected chi connectivity index (χ3v) is 3.68. The molecule has 2 aromatic heterocycles. The number of benzene rings is 1. The first-order chi connectivity index (χ1) is 13.8. The number of ether oxygens (including phenoxy) is 1. The number of alkyl halides is 3. The summed E-state index contributed by atoms with van der Waals surface area (Å²) < 4.78 is 46.1. The van der Waals surface area contributed by atoms with Crippen molar-refractivity contribution < 1.29 is 27.5 Å². The number of anilines is 1. The zero-order chi connectivity index (χ0) is 21.0. The van der Waals surface area contributed by atoms with Crippen LogP contribution in [0.5, 0.6) is 0 Å². The predicted molar refractivity (Wildman–Crippen MR) is 94.5 cm³/mol. The topological polar surface area (TPSA) is 99.0 Å². The first kappa shape index (κ1) is 20.0. The molecule has 11 heteroatoms. The van der Waals surface area contributed by atoms with Gasteiger partial charge in [-0.1, -0.05) is 0 Å². The fourth-order valence-corrected chi connectivity index (χ4v) is 2.44. The van der Waals surface area contributed by atoms with Gasteiger partial charge in [-0.25, -0.2) is 14.8 Å². The molecule has 150 valence electrons. The largest absolute Gasteiger partial charge is 0.462 e. The molecule has 3 aromatic rings. The third-order valence-electron chi connectivity index (χ3n) is 3.68. The van der Waals surface area contributed by atoms with Crippen LogP contribution in [0.1, 0.15) is 33.3 Å². The van der Waals surface area contributed by atoms with Gasteiger partial charge in [-0.15, -0.1) is 0 Å². The molecule has 1 aromatic carbocycles. The zero-order valence-corrected chi connectivity index (χ0v) is 15.0. The van der Waals surface area contributed by atoms with Gasteiger partial charge in [0.15, 0.2) is 5.69 Å². The van der Waals surface area contributed by atoms with Gasteiger partial charge in [-0.3, -0.25) is 4.79 Å². The molecule has 0 aliphatic heterocycles. The van der Waals surface area contributed by atoms with Crippen molar-refractivity contribution in [2.45, 2.75) is 13.1 Å². The smallest absolute Gasteiger partial charge is 0.434 e. The molecule has 3 rings (SSSR count). The Balaban J connectivity index is 1.88. The lowest BCUT2D eigenvalue weighted by molar-refractivity contribution is -0.143. The Labute approximate surface area is 162 Å². The van der Waals surface area contributed by atoms with Crippen LogP contribution >= 0.6 is 0 Å². The number of rotatable bonds is 5. The van der Waals surface area contributed by atoms with Crippen molar-refractivity contribution in [3.05, 3.63) is 65.7 Å². The Morgan fingerprint density at radius 3 is 2.38 bits per heavy atom. The highest BCUT2D eigenvalue weighted by atomic mass is 19.4. The molecule has 0 atom stereocenters. The maximum Gasteiger partial charge on any atom is 0.434 e. The highest BCUT2D eigenvalue weighted by Crippen LogP contribution is 2.33. The number of nitrogens with one attached hydrogen (secondary N) is 1. The molecule has 0 fully saturated rings. The molecule has 29 heavy (non-hydrogen) atoms. The van der Waals surface area contributed by atoms with E-state index in [9.17, 15) is 22.8 Å². The molecule has 2 heterocycles. The van der Waals surface area contributed by atoms with E-state index in [0.29, 0.717) is 4.68 Å². The summed E-state index contributed by atoms with van der Waals surface area (Å²) in [6.07, 6.45) is -1.57. The van der Waals surface area contributed by atoms with Gasteiger partial charge in [0.05, 0.1) is 23.9 Å². The van der Waals surface area contributed by atoms with Crippen molar-refractivity contribution in [1.29, 1.82) is 0 Å². The monoisotopic (exact) mass is 405 g/mol. The van der Waals surface area contributed by atoms with Gasteiger partial charge in [-0.2, -0.15) is 23.0 Å². The van der Waals surface area contributed by atoms with Crippen LogP contribution in [0.4, 0.5) is 18.9 Å². The molecule has 0 radical (unpaired) electrons. The highest BCUT2D eigenvalue weighted by molar-refractivity contribution is 6.05. The maximum absolute atomic E-state index is 13.6. The van der Waals surface area contributed by atoms with Crippen molar-refractivity contribution in [2.75, 3.05) is 11.9 Å². The van der Waals surface area contributed by atoms with Gasteiger partial charge in [0, 0.05) is 18.1 Å². The molecular weight excluding hydrogens is 391 g/mol. The molecule has 0 saturated carbocycles. The Hall–Kier alpha value is -3.76. The molecular formula is C18H14F3N5O3. The number of esters is 1. The second-order valence-electron chi connectivity index (χ2n) is 5.62. The van der Waals surface area contributed by atoms with Crippen molar-refractivity contribution in [1.82, 2.24) is 19.7 Å². The molecule has 1 amide bonds.